The number of thiazole rings is 1. The van der Waals surface area contributed by atoms with Crippen molar-refractivity contribution in [2.45, 2.75) is 26.2 Å². The summed E-state index contributed by atoms with van der Waals surface area (Å²) >= 11 is 1.69. The van der Waals surface area contributed by atoms with Crippen molar-refractivity contribution in [2.24, 2.45) is 0 Å². The lowest BCUT2D eigenvalue weighted by molar-refractivity contribution is -0.116. The van der Waals surface area contributed by atoms with Gasteiger partial charge >= 0.3 is 0 Å². The van der Waals surface area contributed by atoms with E-state index in [1.807, 2.05) is 43.3 Å². The van der Waals surface area contributed by atoms with E-state index in [0.29, 0.717) is 6.42 Å². The van der Waals surface area contributed by atoms with Gasteiger partial charge in [-0.3, -0.25) is 4.79 Å². The van der Waals surface area contributed by atoms with Crippen molar-refractivity contribution in [1.82, 2.24) is 25.2 Å². The van der Waals surface area contributed by atoms with Crippen LogP contribution >= 0.6 is 11.3 Å². The number of amides is 1. The molecule has 0 bridgehead atoms. The van der Waals surface area contributed by atoms with E-state index >= 15 is 0 Å². The molecule has 4 rings (SSSR count). The Morgan fingerprint density at radius 3 is 2.89 bits per heavy atom. The van der Waals surface area contributed by atoms with Crippen molar-refractivity contribution in [3.05, 3.63) is 59.4 Å². The minimum atomic E-state index is 0.00526. The lowest BCUT2D eigenvalue weighted by Gasteiger charge is -2.09. The Balaban J connectivity index is 1.32. The van der Waals surface area contributed by atoms with Crippen LogP contribution in [0.25, 0.3) is 15.9 Å². The van der Waals surface area contributed by atoms with Crippen molar-refractivity contribution in [2.75, 3.05) is 5.32 Å². The number of aromatic nitrogens is 5. The smallest absolute Gasteiger partial charge is 0.224 e. The van der Waals surface area contributed by atoms with Gasteiger partial charge in [-0.05, 0) is 66.1 Å². The zero-order valence-corrected chi connectivity index (χ0v) is 15.6. The number of hydrogen-bond acceptors (Lipinski definition) is 6. The number of fused-ring (bicyclic) bond motifs is 1. The Morgan fingerprint density at radius 1 is 1.22 bits per heavy atom. The summed E-state index contributed by atoms with van der Waals surface area (Å²) in [7, 11) is 0. The molecule has 0 aliphatic rings. The largest absolute Gasteiger partial charge is 0.326 e. The number of hydrogen-bond donors (Lipinski definition) is 1. The van der Waals surface area contributed by atoms with Gasteiger partial charge in [0.05, 0.1) is 20.9 Å². The summed E-state index contributed by atoms with van der Waals surface area (Å²) in [6.45, 7) is 1.96. The fourth-order valence-corrected chi connectivity index (χ4v) is 3.92. The fourth-order valence-electron chi connectivity index (χ4n) is 2.91. The van der Waals surface area contributed by atoms with E-state index in [2.05, 4.69) is 31.9 Å². The highest BCUT2D eigenvalue weighted by Crippen LogP contribution is 2.23. The van der Waals surface area contributed by atoms with Gasteiger partial charge in [-0.2, -0.15) is 0 Å². The quantitative estimate of drug-likeness (QED) is 0.555. The molecule has 0 saturated carbocycles. The monoisotopic (exact) mass is 378 g/mol. The standard InChI is InChI=1S/C19H18N6OS/c1-13-11-14(9-10-16(13)25-12-20-23-24-25)21-18(26)7-4-8-19-22-15-5-2-3-6-17(15)27-19/h2-3,5-6,9-12H,4,7-8H2,1H3,(H,21,26). The predicted octanol–water partition coefficient (Wildman–Crippen LogP) is 3.54. The van der Waals surface area contributed by atoms with Crippen molar-refractivity contribution in [1.29, 1.82) is 0 Å². The molecule has 4 aromatic rings. The molecule has 1 N–H and O–H groups in total. The number of anilines is 1. The van der Waals surface area contributed by atoms with Crippen LogP contribution in [0.2, 0.25) is 0 Å². The summed E-state index contributed by atoms with van der Waals surface area (Å²) in [4.78, 5) is 16.8. The highest BCUT2D eigenvalue weighted by atomic mass is 32.1. The van der Waals surface area contributed by atoms with Crippen molar-refractivity contribution in [3.63, 3.8) is 0 Å². The number of nitrogens with one attached hydrogen (secondary N) is 1. The number of rotatable bonds is 6. The second kappa shape index (κ2) is 7.63. The Bertz CT molecular complexity index is 1040. The van der Waals surface area contributed by atoms with Crippen molar-refractivity contribution < 1.29 is 4.79 Å². The first-order valence-electron chi connectivity index (χ1n) is 8.67. The van der Waals surface area contributed by atoms with E-state index in [1.54, 1.807) is 22.3 Å². The van der Waals surface area contributed by atoms with Gasteiger partial charge in [-0.25, -0.2) is 9.67 Å². The third-order valence-electron chi connectivity index (χ3n) is 4.21. The van der Waals surface area contributed by atoms with E-state index in [-0.39, 0.29) is 5.91 Å². The molecular weight excluding hydrogens is 360 g/mol. The first-order valence-corrected chi connectivity index (χ1v) is 9.49. The maximum atomic E-state index is 12.2. The van der Waals surface area contributed by atoms with Crippen molar-refractivity contribution in [3.8, 4) is 5.69 Å². The number of aryl methyl sites for hydroxylation is 2. The van der Waals surface area contributed by atoms with Gasteiger partial charge in [0.2, 0.25) is 5.91 Å². The summed E-state index contributed by atoms with van der Waals surface area (Å²) in [5, 5.41) is 15.2. The molecule has 0 spiro atoms. The van der Waals surface area contributed by atoms with E-state index in [0.717, 1.165) is 40.3 Å². The molecule has 1 amide bonds. The van der Waals surface area contributed by atoms with Crippen molar-refractivity contribution >= 4 is 33.1 Å². The second-order valence-corrected chi connectivity index (χ2v) is 7.35. The molecule has 7 nitrogen and oxygen atoms in total. The molecular formula is C19H18N6OS. The van der Waals surface area contributed by atoms with Crippen LogP contribution in [0, 0.1) is 6.92 Å². The minimum Gasteiger partial charge on any atom is -0.326 e. The lowest BCUT2D eigenvalue weighted by atomic mass is 10.1. The molecule has 0 radical (unpaired) electrons. The molecule has 2 aromatic heterocycles. The maximum Gasteiger partial charge on any atom is 0.224 e. The van der Waals surface area contributed by atoms with Gasteiger partial charge in [0, 0.05) is 12.1 Å². The Kier molecular flexibility index (Phi) is 4.88. The summed E-state index contributed by atoms with van der Waals surface area (Å²) in [6, 6.07) is 13.8. The SMILES string of the molecule is Cc1cc(NC(=O)CCCc2nc3ccccc3s2)ccc1-n1cnnn1. The number of benzene rings is 2. The molecule has 8 heteroatoms. The highest BCUT2D eigenvalue weighted by molar-refractivity contribution is 7.18. The summed E-state index contributed by atoms with van der Waals surface area (Å²) < 4.78 is 2.79. The lowest BCUT2D eigenvalue weighted by Crippen LogP contribution is -2.12. The zero-order valence-electron chi connectivity index (χ0n) is 14.8. The molecule has 0 saturated heterocycles. The number of nitrogens with zero attached hydrogens (tertiary/aromatic N) is 5. The van der Waals surface area contributed by atoms with Gasteiger partial charge in [0.25, 0.3) is 0 Å². The summed E-state index contributed by atoms with van der Waals surface area (Å²) in [5.41, 5.74) is 3.66. The molecule has 0 aliphatic carbocycles. The number of tetrazole rings is 1. The maximum absolute atomic E-state index is 12.2. The molecule has 0 aliphatic heterocycles. The Morgan fingerprint density at radius 2 is 2.11 bits per heavy atom. The minimum absolute atomic E-state index is 0.00526. The summed E-state index contributed by atoms with van der Waals surface area (Å²) in [5.74, 6) is 0.00526. The van der Waals surface area contributed by atoms with Crippen LogP contribution in [0.1, 0.15) is 23.4 Å². The van der Waals surface area contributed by atoms with Gasteiger partial charge in [0.1, 0.15) is 6.33 Å². The Labute approximate surface area is 160 Å². The fraction of sp³-hybridized carbons (Fsp3) is 0.211. The zero-order chi connectivity index (χ0) is 18.6. The first kappa shape index (κ1) is 17.3. The predicted molar refractivity (Wildman–Crippen MR) is 105 cm³/mol. The molecule has 2 heterocycles. The highest BCUT2D eigenvalue weighted by Gasteiger charge is 2.08. The average molecular weight is 378 g/mol. The van der Waals surface area contributed by atoms with E-state index < -0.39 is 0 Å². The van der Waals surface area contributed by atoms with E-state index in [4.69, 9.17) is 0 Å². The second-order valence-electron chi connectivity index (χ2n) is 6.23. The van der Waals surface area contributed by atoms with Crippen LogP contribution in [0.5, 0.6) is 0 Å². The van der Waals surface area contributed by atoms with Crippen LogP contribution in [0.3, 0.4) is 0 Å². The molecule has 2 aromatic carbocycles. The van der Waals surface area contributed by atoms with Crippen LogP contribution < -0.4 is 5.32 Å². The third kappa shape index (κ3) is 4.01. The molecule has 0 fully saturated rings. The van der Waals surface area contributed by atoms with Crippen LogP contribution in [-0.4, -0.2) is 31.1 Å². The van der Waals surface area contributed by atoms with Crippen LogP contribution in [0.15, 0.2) is 48.8 Å². The van der Waals surface area contributed by atoms with Gasteiger partial charge in [-0.15, -0.1) is 16.4 Å². The molecule has 0 atom stereocenters. The Hall–Kier alpha value is -3.13. The van der Waals surface area contributed by atoms with Gasteiger partial charge in [-0.1, -0.05) is 12.1 Å². The topological polar surface area (TPSA) is 85.6 Å². The molecule has 27 heavy (non-hydrogen) atoms. The van der Waals surface area contributed by atoms with E-state index in [9.17, 15) is 4.79 Å². The first-order chi connectivity index (χ1) is 13.2. The number of carbonyl (C=O) groups is 1. The molecule has 0 unspecified atom stereocenters. The van der Waals surface area contributed by atoms with Crippen LogP contribution in [0.4, 0.5) is 5.69 Å². The van der Waals surface area contributed by atoms with Gasteiger partial charge in [0.15, 0.2) is 0 Å². The van der Waals surface area contributed by atoms with Gasteiger partial charge < -0.3 is 5.32 Å². The number of carbonyl (C=O) groups excluding carboxylic acids is 1. The summed E-state index contributed by atoms with van der Waals surface area (Å²) in [6.07, 6.45) is 3.59. The van der Waals surface area contributed by atoms with Crippen LogP contribution in [-0.2, 0) is 11.2 Å². The van der Waals surface area contributed by atoms with E-state index in [1.165, 1.54) is 4.70 Å². The normalized spacial score (nSPS) is 11.0. The average Bonchev–Trinajstić information content (AvgIpc) is 3.31. The third-order valence-corrected chi connectivity index (χ3v) is 5.31. The molecule has 136 valence electrons. The number of para-hydroxylation sites is 1.